The Kier molecular flexibility index (Phi) is 6.69. The first-order valence-corrected chi connectivity index (χ1v) is 8.90. The van der Waals surface area contributed by atoms with Crippen LogP contribution in [0.15, 0.2) is 47.6 Å². The van der Waals surface area contributed by atoms with Crippen molar-refractivity contribution in [2.75, 3.05) is 14.2 Å². The third-order valence-corrected chi connectivity index (χ3v) is 4.64. The number of allylic oxidation sites excluding steroid dienone is 4. The number of benzene rings is 2. The average molecular weight is 338 g/mol. The van der Waals surface area contributed by atoms with E-state index in [9.17, 15) is 0 Å². The molecular weight excluding hydrogens is 308 g/mol. The Morgan fingerprint density at radius 3 is 2.08 bits per heavy atom. The highest BCUT2D eigenvalue weighted by molar-refractivity contribution is 5.96. The maximum Gasteiger partial charge on any atom is 0.130 e. The first-order valence-electron chi connectivity index (χ1n) is 8.90. The molecule has 0 aliphatic heterocycles. The van der Waals surface area contributed by atoms with Crippen molar-refractivity contribution in [3.8, 4) is 11.5 Å². The molecule has 0 aliphatic carbocycles. The molecule has 0 fully saturated rings. The quantitative estimate of drug-likeness (QED) is 0.544. The van der Waals surface area contributed by atoms with Gasteiger partial charge in [-0.1, -0.05) is 47.6 Å². The summed E-state index contributed by atoms with van der Waals surface area (Å²) < 4.78 is 11.5. The van der Waals surface area contributed by atoms with Gasteiger partial charge in [0.05, 0.1) is 14.2 Å². The van der Waals surface area contributed by atoms with E-state index in [0.29, 0.717) is 0 Å². The summed E-state index contributed by atoms with van der Waals surface area (Å²) in [6.45, 7) is 8.62. The molecular formula is C23H30O2. The van der Waals surface area contributed by atoms with Crippen LogP contribution in [0.4, 0.5) is 0 Å². The van der Waals surface area contributed by atoms with Gasteiger partial charge < -0.3 is 9.47 Å². The zero-order valence-electron chi connectivity index (χ0n) is 16.4. The number of methoxy groups -OCH3 is 2. The second kappa shape index (κ2) is 8.75. The lowest BCUT2D eigenvalue weighted by molar-refractivity contribution is 0.404. The Morgan fingerprint density at radius 2 is 1.52 bits per heavy atom. The monoisotopic (exact) mass is 338 g/mol. The summed E-state index contributed by atoms with van der Waals surface area (Å²) in [5.74, 6) is 1.91. The fourth-order valence-electron chi connectivity index (χ4n) is 3.26. The van der Waals surface area contributed by atoms with Crippen LogP contribution >= 0.6 is 0 Å². The minimum atomic E-state index is 0.858. The molecule has 0 N–H and O–H groups in total. The summed E-state index contributed by atoms with van der Waals surface area (Å²) in [7, 11) is 3.49. The van der Waals surface area contributed by atoms with Gasteiger partial charge in [0.15, 0.2) is 0 Å². The van der Waals surface area contributed by atoms with Gasteiger partial charge in [0, 0.05) is 16.3 Å². The lowest BCUT2D eigenvalue weighted by Gasteiger charge is -2.18. The molecule has 25 heavy (non-hydrogen) atoms. The third-order valence-electron chi connectivity index (χ3n) is 4.64. The van der Waals surface area contributed by atoms with Crippen LogP contribution in [0, 0.1) is 6.92 Å². The van der Waals surface area contributed by atoms with Gasteiger partial charge in [-0.2, -0.15) is 0 Å². The molecule has 2 aromatic carbocycles. The minimum absolute atomic E-state index is 0.858. The molecule has 0 bridgehead atoms. The van der Waals surface area contributed by atoms with Crippen molar-refractivity contribution in [1.29, 1.82) is 0 Å². The van der Waals surface area contributed by atoms with Crippen molar-refractivity contribution < 1.29 is 9.47 Å². The zero-order valence-corrected chi connectivity index (χ0v) is 16.4. The molecule has 134 valence electrons. The number of hydrogen-bond donors (Lipinski definition) is 0. The van der Waals surface area contributed by atoms with Crippen molar-refractivity contribution in [2.45, 2.75) is 47.0 Å². The number of rotatable bonds is 7. The van der Waals surface area contributed by atoms with Crippen LogP contribution in [0.5, 0.6) is 11.5 Å². The van der Waals surface area contributed by atoms with Gasteiger partial charge in [-0.3, -0.25) is 0 Å². The number of hydrogen-bond acceptors (Lipinski definition) is 2. The maximum atomic E-state index is 5.79. The van der Waals surface area contributed by atoms with Gasteiger partial charge >= 0.3 is 0 Å². The van der Waals surface area contributed by atoms with E-state index in [1.165, 1.54) is 16.7 Å². The molecule has 2 aromatic rings. The molecule has 2 heteroatoms. The van der Waals surface area contributed by atoms with Crippen molar-refractivity contribution in [3.05, 3.63) is 58.7 Å². The Hall–Kier alpha value is -2.22. The highest BCUT2D eigenvalue weighted by atomic mass is 16.5. The molecule has 0 unspecified atom stereocenters. The second-order valence-corrected chi connectivity index (χ2v) is 6.79. The smallest absolute Gasteiger partial charge is 0.130 e. The van der Waals surface area contributed by atoms with Crippen LogP contribution in [-0.4, -0.2) is 14.2 Å². The molecule has 0 saturated heterocycles. The fraction of sp³-hybridized carbons (Fsp3) is 0.391. The summed E-state index contributed by atoms with van der Waals surface area (Å²) in [4.78, 5) is 0. The van der Waals surface area contributed by atoms with Gasteiger partial charge in [0.1, 0.15) is 11.5 Å². The van der Waals surface area contributed by atoms with Crippen molar-refractivity contribution in [3.63, 3.8) is 0 Å². The molecule has 2 nitrogen and oxygen atoms in total. The second-order valence-electron chi connectivity index (χ2n) is 6.79. The van der Waals surface area contributed by atoms with E-state index in [-0.39, 0.29) is 0 Å². The van der Waals surface area contributed by atoms with E-state index in [0.717, 1.165) is 47.1 Å². The molecule has 0 spiro atoms. The Labute approximate surface area is 152 Å². The van der Waals surface area contributed by atoms with E-state index in [1.807, 2.05) is 12.1 Å². The lowest BCUT2D eigenvalue weighted by Crippen LogP contribution is -2.00. The van der Waals surface area contributed by atoms with Crippen molar-refractivity contribution in [2.24, 2.45) is 0 Å². The van der Waals surface area contributed by atoms with Crippen LogP contribution in [0.1, 0.15) is 44.7 Å². The van der Waals surface area contributed by atoms with Gasteiger partial charge in [0.25, 0.3) is 0 Å². The maximum absolute atomic E-state index is 5.79. The minimum Gasteiger partial charge on any atom is -0.496 e. The fourth-order valence-corrected chi connectivity index (χ4v) is 3.26. The normalized spacial score (nSPS) is 11.5. The summed E-state index contributed by atoms with van der Waals surface area (Å²) in [6.07, 6.45) is 7.66. The first-order chi connectivity index (χ1) is 12.0. The van der Waals surface area contributed by atoms with E-state index in [1.54, 1.807) is 14.2 Å². The number of ether oxygens (including phenoxy) is 2. The van der Waals surface area contributed by atoms with Crippen molar-refractivity contribution >= 4 is 10.8 Å². The van der Waals surface area contributed by atoms with Gasteiger partial charge in [-0.05, 0) is 52.5 Å². The highest BCUT2D eigenvalue weighted by Gasteiger charge is 2.17. The van der Waals surface area contributed by atoms with Gasteiger partial charge in [-0.25, -0.2) is 0 Å². The van der Waals surface area contributed by atoms with Crippen LogP contribution < -0.4 is 9.47 Å². The van der Waals surface area contributed by atoms with Crippen LogP contribution in [0.2, 0.25) is 0 Å². The van der Waals surface area contributed by atoms with Crippen LogP contribution in [0.25, 0.3) is 10.8 Å². The predicted octanol–water partition coefficient (Wildman–Crippen LogP) is 6.40. The molecule has 0 atom stereocenters. The summed E-state index contributed by atoms with van der Waals surface area (Å²) in [5, 5.41) is 2.21. The standard InChI is InChI=1S/C23H30O2/c1-16(2)10-9-11-17(3)14-15-19-18(4)22(24-5)20-12-7-8-13-21(20)23(19)25-6/h7-8,10,12-14H,9,11,15H2,1-6H3. The molecule has 2 rings (SSSR count). The molecule has 0 heterocycles. The number of fused-ring (bicyclic) bond motifs is 1. The Bertz CT molecular complexity index is 793. The van der Waals surface area contributed by atoms with E-state index >= 15 is 0 Å². The topological polar surface area (TPSA) is 18.5 Å². The molecule has 0 amide bonds. The molecule has 0 radical (unpaired) electrons. The highest BCUT2D eigenvalue weighted by Crippen LogP contribution is 2.40. The first kappa shape index (κ1) is 19.1. The lowest BCUT2D eigenvalue weighted by atomic mass is 9.95. The molecule has 0 aromatic heterocycles. The average Bonchev–Trinajstić information content (AvgIpc) is 2.59. The van der Waals surface area contributed by atoms with E-state index < -0.39 is 0 Å². The molecule has 0 saturated carbocycles. The van der Waals surface area contributed by atoms with E-state index in [4.69, 9.17) is 9.47 Å². The largest absolute Gasteiger partial charge is 0.496 e. The van der Waals surface area contributed by atoms with Crippen molar-refractivity contribution in [1.82, 2.24) is 0 Å². The zero-order chi connectivity index (χ0) is 18.4. The van der Waals surface area contributed by atoms with E-state index in [2.05, 4.69) is 52.0 Å². The summed E-state index contributed by atoms with van der Waals surface area (Å²) in [6, 6.07) is 8.28. The Balaban J connectivity index is 2.40. The summed E-state index contributed by atoms with van der Waals surface area (Å²) >= 11 is 0. The SMILES string of the molecule is COc1c(C)c(CC=C(C)CCC=C(C)C)c(OC)c2ccccc12. The van der Waals surface area contributed by atoms with Gasteiger partial charge in [0.2, 0.25) is 0 Å². The predicted molar refractivity (Wildman–Crippen MR) is 108 cm³/mol. The third kappa shape index (κ3) is 4.45. The Morgan fingerprint density at radius 1 is 0.920 bits per heavy atom. The molecule has 0 aliphatic rings. The van der Waals surface area contributed by atoms with Crippen LogP contribution in [-0.2, 0) is 6.42 Å². The van der Waals surface area contributed by atoms with Crippen LogP contribution in [0.3, 0.4) is 0 Å². The summed E-state index contributed by atoms with van der Waals surface area (Å²) in [5.41, 5.74) is 5.15. The van der Waals surface area contributed by atoms with Gasteiger partial charge in [-0.15, -0.1) is 0 Å².